The van der Waals surface area contributed by atoms with Gasteiger partial charge >= 0.3 is 11.9 Å². The number of carboxylic acid groups (broad SMARTS) is 1. The molecular weight excluding hydrogens is 770 g/mol. The molecule has 1 saturated heterocycles. The van der Waals surface area contributed by atoms with Crippen LogP contribution in [0.15, 0.2) is 98.5 Å². The number of nitrogens with one attached hydrogen (secondary N) is 1. The molecule has 4 aromatic rings. The Morgan fingerprint density at radius 3 is 2.42 bits per heavy atom. The third kappa shape index (κ3) is 8.35. The summed E-state index contributed by atoms with van der Waals surface area (Å²) in [6.07, 6.45) is -6.75. The van der Waals surface area contributed by atoms with Crippen molar-refractivity contribution in [1.29, 1.82) is 0 Å². The van der Waals surface area contributed by atoms with Gasteiger partial charge in [-0.1, -0.05) is 29.3 Å². The highest BCUT2D eigenvalue weighted by molar-refractivity contribution is 5.95. The summed E-state index contributed by atoms with van der Waals surface area (Å²) in [5, 5.41) is 67.5. The summed E-state index contributed by atoms with van der Waals surface area (Å²) in [5.74, 6) is -4.81. The Balaban J connectivity index is 1.21. The summed E-state index contributed by atoms with van der Waals surface area (Å²) in [6.45, 7) is 3.60. The Labute approximate surface area is 336 Å². The summed E-state index contributed by atoms with van der Waals surface area (Å²) in [5.41, 5.74) is 5.19. The van der Waals surface area contributed by atoms with Gasteiger partial charge in [0, 0.05) is 36.1 Å². The number of phenolic OH excluding ortho intramolecular Hbond substituents is 1. The molecule has 3 aliphatic rings. The average molecular weight is 814 g/mol. The van der Waals surface area contributed by atoms with Gasteiger partial charge in [-0.05, 0) is 75.4 Å². The van der Waals surface area contributed by atoms with Crippen molar-refractivity contribution >= 4 is 34.8 Å². The Morgan fingerprint density at radius 1 is 1.02 bits per heavy atom. The number of fused-ring (bicyclic) bond motifs is 2. The van der Waals surface area contributed by atoms with Gasteiger partial charge in [0.2, 0.25) is 12.6 Å². The first-order chi connectivity index (χ1) is 28.3. The number of aliphatic imine (C=N–C) groups is 1. The number of carboxylic acids is 1. The smallest absolute Gasteiger partial charge is 0.324 e. The van der Waals surface area contributed by atoms with Gasteiger partial charge in [0.1, 0.15) is 35.6 Å². The molecule has 3 aliphatic heterocycles. The minimum absolute atomic E-state index is 0.0275. The van der Waals surface area contributed by atoms with Crippen LogP contribution in [-0.4, -0.2) is 117 Å². The van der Waals surface area contributed by atoms with E-state index in [1.807, 2.05) is 38.1 Å². The van der Waals surface area contributed by atoms with Crippen molar-refractivity contribution in [1.82, 2.24) is 10.4 Å². The standard InChI is InChI=1S/C42H43N3O14/c1-20-14-21(2)16-24(15-20)33-32-23(10-12-44-32)18-45(33)59-38-36(50)35(49)37(41(54)58-40(53)31(39(51)52)29(43-3)11-13-46)57-42(38)56-26-8-9-27-30(17-26)55-19-28(34(27)48)22-4-6-25(47)7-5-22/h4-10,12,14-17,19,29,31,35-38,41-43,46-47,49-50,54H,11,13,18H2,1-3H3,(H,51,52). The van der Waals surface area contributed by atoms with Crippen LogP contribution in [0.25, 0.3) is 27.8 Å². The first-order valence-electron chi connectivity index (χ1n) is 18.7. The quantitative estimate of drug-likeness (QED) is 0.0547. The molecule has 0 bridgehead atoms. The van der Waals surface area contributed by atoms with Crippen LogP contribution in [0.3, 0.4) is 0 Å². The van der Waals surface area contributed by atoms with Gasteiger partial charge in [0.05, 0.1) is 28.9 Å². The highest BCUT2D eigenvalue weighted by Gasteiger charge is 2.52. The van der Waals surface area contributed by atoms with E-state index >= 15 is 0 Å². The number of esters is 1. The van der Waals surface area contributed by atoms with Crippen molar-refractivity contribution < 1.29 is 63.7 Å². The summed E-state index contributed by atoms with van der Waals surface area (Å²) in [7, 11) is 1.39. The number of rotatable bonds is 14. The Hall–Kier alpha value is -5.92. The Bertz CT molecular complexity index is 2370. The molecule has 59 heavy (non-hydrogen) atoms. The lowest BCUT2D eigenvalue weighted by Crippen LogP contribution is -2.64. The van der Waals surface area contributed by atoms with E-state index in [4.69, 9.17) is 23.5 Å². The fourth-order valence-electron chi connectivity index (χ4n) is 7.46. The van der Waals surface area contributed by atoms with Gasteiger partial charge in [-0.25, -0.2) is 5.06 Å². The van der Waals surface area contributed by atoms with Crippen molar-refractivity contribution in [2.45, 2.75) is 63.3 Å². The fourth-order valence-corrected chi connectivity index (χ4v) is 7.46. The van der Waals surface area contributed by atoms with Gasteiger partial charge in [-0.3, -0.25) is 24.2 Å². The van der Waals surface area contributed by atoms with Crippen LogP contribution < -0.4 is 15.5 Å². The highest BCUT2D eigenvalue weighted by atomic mass is 16.8. The molecule has 0 amide bonds. The van der Waals surface area contributed by atoms with E-state index in [1.165, 1.54) is 48.7 Å². The van der Waals surface area contributed by atoms with Crippen molar-refractivity contribution in [2.75, 3.05) is 20.2 Å². The molecule has 0 aliphatic carbocycles. The van der Waals surface area contributed by atoms with E-state index in [0.29, 0.717) is 17.0 Å². The van der Waals surface area contributed by atoms with Gasteiger partial charge in [-0.15, -0.1) is 0 Å². The van der Waals surface area contributed by atoms with E-state index in [2.05, 4.69) is 10.3 Å². The lowest BCUT2D eigenvalue weighted by molar-refractivity contribution is -0.344. The molecule has 17 heteroatoms. The normalized spacial score (nSPS) is 22.9. The minimum Gasteiger partial charge on any atom is -0.508 e. The molecule has 17 nitrogen and oxygen atoms in total. The summed E-state index contributed by atoms with van der Waals surface area (Å²) >= 11 is 0. The predicted octanol–water partition coefficient (Wildman–Crippen LogP) is 2.14. The third-order valence-electron chi connectivity index (χ3n) is 10.3. The number of hydrogen-bond acceptors (Lipinski definition) is 16. The van der Waals surface area contributed by atoms with Gasteiger partial charge in [0.25, 0.3) is 0 Å². The second-order valence-electron chi connectivity index (χ2n) is 14.5. The number of aliphatic hydroxyl groups is 4. The molecule has 8 unspecified atom stereocenters. The van der Waals surface area contributed by atoms with Crippen LogP contribution in [0.1, 0.15) is 23.1 Å². The molecule has 310 valence electrons. The van der Waals surface area contributed by atoms with E-state index < -0.39 is 67.5 Å². The number of ether oxygens (including phenoxy) is 3. The number of aromatic hydroxyl groups is 1. The molecule has 4 heterocycles. The topological polar surface area (TPSA) is 250 Å². The fraction of sp³-hybridized carbons (Fsp3) is 0.333. The molecular formula is C42H43N3O14. The van der Waals surface area contributed by atoms with E-state index in [-0.39, 0.29) is 46.4 Å². The summed E-state index contributed by atoms with van der Waals surface area (Å²) in [6, 6.07) is 15.1. The molecule has 7 N–H and O–H groups in total. The first kappa shape index (κ1) is 41.2. The van der Waals surface area contributed by atoms with Crippen molar-refractivity contribution in [3.63, 3.8) is 0 Å². The van der Waals surface area contributed by atoms with Crippen LogP contribution in [0, 0.1) is 19.8 Å². The molecule has 1 fully saturated rings. The lowest BCUT2D eigenvalue weighted by Gasteiger charge is -2.44. The average Bonchev–Trinajstić information content (AvgIpc) is 3.78. The largest absolute Gasteiger partial charge is 0.508 e. The van der Waals surface area contributed by atoms with Gasteiger partial charge in [0.15, 0.2) is 23.6 Å². The zero-order valence-corrected chi connectivity index (χ0v) is 32.1. The maximum atomic E-state index is 13.5. The first-order valence-corrected chi connectivity index (χ1v) is 18.7. The molecule has 0 saturated carbocycles. The molecule has 0 spiro atoms. The highest BCUT2D eigenvalue weighted by Crippen LogP contribution is 2.40. The third-order valence-corrected chi connectivity index (χ3v) is 10.3. The number of allylic oxidation sites excluding steroid dienone is 1. The number of phenols is 1. The van der Waals surface area contributed by atoms with Crippen LogP contribution >= 0.6 is 0 Å². The van der Waals surface area contributed by atoms with Crippen molar-refractivity contribution in [3.05, 3.63) is 111 Å². The number of hydroxylamine groups is 2. The Morgan fingerprint density at radius 2 is 1.75 bits per heavy atom. The minimum atomic E-state index is -2.33. The maximum Gasteiger partial charge on any atom is 0.324 e. The molecule has 8 atom stereocenters. The molecule has 3 aromatic carbocycles. The number of aliphatic hydroxyl groups excluding tert-OH is 4. The zero-order chi connectivity index (χ0) is 42.1. The lowest BCUT2D eigenvalue weighted by atomic mass is 9.96. The summed E-state index contributed by atoms with van der Waals surface area (Å²) < 4.78 is 23.2. The van der Waals surface area contributed by atoms with Crippen molar-refractivity contribution in [2.24, 2.45) is 10.9 Å². The number of carbonyl (C=O) groups is 2. The second kappa shape index (κ2) is 17.1. The number of hydrogen-bond donors (Lipinski definition) is 7. The van der Waals surface area contributed by atoms with Gasteiger partial charge < -0.3 is 54.6 Å². The number of benzene rings is 3. The number of aryl methyl sites for hydroxylation is 2. The van der Waals surface area contributed by atoms with E-state index in [0.717, 1.165) is 22.3 Å². The van der Waals surface area contributed by atoms with E-state index in [9.17, 15) is 45.0 Å². The van der Waals surface area contributed by atoms with Crippen LogP contribution in [0.2, 0.25) is 0 Å². The molecule has 7 rings (SSSR count). The van der Waals surface area contributed by atoms with Gasteiger partial charge in [-0.2, -0.15) is 0 Å². The maximum absolute atomic E-state index is 13.5. The number of aliphatic carboxylic acids is 1. The second-order valence-corrected chi connectivity index (χ2v) is 14.5. The van der Waals surface area contributed by atoms with Crippen molar-refractivity contribution in [3.8, 4) is 22.6 Å². The predicted molar refractivity (Wildman–Crippen MR) is 210 cm³/mol. The summed E-state index contributed by atoms with van der Waals surface area (Å²) in [4.78, 5) is 49.7. The molecule has 0 radical (unpaired) electrons. The Kier molecular flexibility index (Phi) is 12.0. The zero-order valence-electron chi connectivity index (χ0n) is 32.1. The van der Waals surface area contributed by atoms with Crippen LogP contribution in [0.4, 0.5) is 0 Å². The van der Waals surface area contributed by atoms with Crippen LogP contribution in [-0.2, 0) is 23.9 Å². The monoisotopic (exact) mass is 813 g/mol. The van der Waals surface area contributed by atoms with E-state index in [1.54, 1.807) is 18.3 Å². The number of nitrogens with zero attached hydrogens (tertiary/aromatic N) is 2. The number of carbonyl (C=O) groups excluding carboxylic acids is 1. The van der Waals surface area contributed by atoms with Crippen LogP contribution in [0.5, 0.6) is 11.5 Å². The molecule has 1 aromatic heterocycles. The SMILES string of the molecule is CNC(CCO)C(C(=O)O)C(=O)OC(O)C1OC(Oc2ccc3c(=O)c(-c4ccc(O)cc4)coc3c2)C(ON2CC3=CC=NC3=C2c2cc(C)cc(C)c2)C(O)C1O.